The van der Waals surface area contributed by atoms with E-state index in [1.54, 1.807) is 36.9 Å². The number of ketones is 2. The van der Waals surface area contributed by atoms with Crippen molar-refractivity contribution >= 4 is 34.2 Å². The predicted molar refractivity (Wildman–Crippen MR) is 224 cm³/mol. The van der Waals surface area contributed by atoms with Crippen LogP contribution in [0.15, 0.2) is 118 Å². The first-order valence-electron chi connectivity index (χ1n) is 18.7. The molecule has 280 valence electrons. The third kappa shape index (κ3) is 5.58. The Labute approximate surface area is 329 Å². The molecule has 0 radical (unpaired) electrons. The Balaban J connectivity index is 1.64. The Morgan fingerprint density at radius 3 is 1.07 bits per heavy atom. The molecule has 0 saturated heterocycles. The maximum absolute atomic E-state index is 15.1. The Morgan fingerprint density at radius 1 is 0.463 bits per heavy atom. The van der Waals surface area contributed by atoms with Crippen molar-refractivity contribution in [1.29, 1.82) is 0 Å². The van der Waals surface area contributed by atoms with Crippen molar-refractivity contribution < 1.29 is 19.1 Å². The van der Waals surface area contributed by atoms with E-state index in [2.05, 4.69) is 141 Å². The van der Waals surface area contributed by atoms with Crippen molar-refractivity contribution in [3.63, 3.8) is 0 Å². The summed E-state index contributed by atoms with van der Waals surface area (Å²) < 4.78 is 11.0. The van der Waals surface area contributed by atoms with E-state index in [1.165, 1.54) is 20.9 Å². The topological polar surface area (TPSA) is 52.6 Å². The van der Waals surface area contributed by atoms with Gasteiger partial charge in [-0.15, -0.1) is 22.7 Å². The molecule has 0 N–H and O–H groups in total. The van der Waals surface area contributed by atoms with Gasteiger partial charge in [-0.3, -0.25) is 9.59 Å². The highest BCUT2D eigenvalue weighted by atomic mass is 32.1. The number of allylic oxidation sites excluding steroid dienone is 8. The number of ether oxygens (including phenoxy) is 2. The number of methoxy groups -OCH3 is 2. The molecule has 2 aromatic heterocycles. The molecule has 4 nitrogen and oxygen atoms in total. The predicted octanol–water partition coefficient (Wildman–Crippen LogP) is 11.9. The number of Topliss-reactive ketones (excluding diaryl/α,β-unsaturated/α-hetero) is 2. The first kappa shape index (κ1) is 38.0. The number of fused-ring (bicyclic) bond motifs is 6. The van der Waals surface area contributed by atoms with Gasteiger partial charge in [0.15, 0.2) is 11.6 Å². The van der Waals surface area contributed by atoms with Gasteiger partial charge in [-0.05, 0) is 80.2 Å². The van der Waals surface area contributed by atoms with Crippen molar-refractivity contribution in [3.05, 3.63) is 139 Å². The number of carbonyl (C=O) groups is 2. The van der Waals surface area contributed by atoms with Crippen LogP contribution in [0.4, 0.5) is 0 Å². The summed E-state index contributed by atoms with van der Waals surface area (Å²) in [5.41, 5.74) is 3.59. The minimum Gasteiger partial charge on any atom is -0.497 e. The SMILES string of the molecule is COc1ccc(C(C)(C)C2=CC3(C=C(C(C)(C)C)C2=O)c2sccc2-c2ccsc2C32C=C(C(C)(C)C)C(=O)C(C(C)(C)c3ccc(OC)cc3)=C2)cc1. The lowest BCUT2D eigenvalue weighted by Crippen LogP contribution is -2.52. The number of hydrogen-bond donors (Lipinski definition) is 0. The molecule has 0 fully saturated rings. The summed E-state index contributed by atoms with van der Waals surface area (Å²) >= 11 is 3.48. The second-order valence-corrected chi connectivity index (χ2v) is 20.0. The van der Waals surface area contributed by atoms with Crippen LogP contribution in [-0.2, 0) is 31.2 Å². The van der Waals surface area contributed by atoms with Crippen molar-refractivity contribution in [3.8, 4) is 22.6 Å². The average molecular weight is 757 g/mol. The average Bonchev–Trinajstić information content (AvgIpc) is 3.82. The molecule has 2 heterocycles. The van der Waals surface area contributed by atoms with E-state index in [9.17, 15) is 0 Å². The Morgan fingerprint density at radius 2 is 0.778 bits per heavy atom. The number of thiophene rings is 2. The van der Waals surface area contributed by atoms with E-state index < -0.39 is 32.5 Å². The van der Waals surface area contributed by atoms with E-state index >= 15 is 9.59 Å². The molecule has 2 atom stereocenters. The standard InChI is InChI=1S/C48H52O4S2/c1-43(2,3)35-25-47(27-37(39(35)49)45(7,8)29-13-17-31(51-11)18-14-29)41-33(21-23-53-41)34-22-24-54-42(34)48(47)26-36(44(4,5)6)40(50)38(28-48)46(9,10)30-15-19-32(52-12)20-16-30/h13-28H,1-12H3. The third-order valence-corrected chi connectivity index (χ3v) is 14.2. The van der Waals surface area contributed by atoms with Crippen LogP contribution in [0.5, 0.6) is 11.5 Å². The van der Waals surface area contributed by atoms with Crippen LogP contribution in [0.1, 0.15) is 90.1 Å². The van der Waals surface area contributed by atoms with Crippen LogP contribution in [0.2, 0.25) is 0 Å². The Hall–Kier alpha value is -4.26. The van der Waals surface area contributed by atoms with Gasteiger partial charge >= 0.3 is 0 Å². The Kier molecular flexibility index (Phi) is 8.90. The molecule has 0 amide bonds. The van der Waals surface area contributed by atoms with Crippen molar-refractivity contribution in [2.45, 2.75) is 90.9 Å². The minimum atomic E-state index is -0.831. The molecule has 0 bridgehead atoms. The fourth-order valence-electron chi connectivity index (χ4n) is 8.71. The number of benzene rings is 2. The van der Waals surface area contributed by atoms with Gasteiger partial charge in [0.2, 0.25) is 0 Å². The van der Waals surface area contributed by atoms with Gasteiger partial charge in [0, 0.05) is 42.9 Å². The van der Waals surface area contributed by atoms with Gasteiger partial charge in [-0.2, -0.15) is 0 Å². The van der Waals surface area contributed by atoms with Crippen LogP contribution in [-0.4, -0.2) is 25.8 Å². The van der Waals surface area contributed by atoms with E-state index in [-0.39, 0.29) is 11.6 Å². The summed E-state index contributed by atoms with van der Waals surface area (Å²) in [5.74, 6) is 1.67. The zero-order valence-electron chi connectivity index (χ0n) is 33.7. The van der Waals surface area contributed by atoms with Crippen molar-refractivity contribution in [1.82, 2.24) is 0 Å². The van der Waals surface area contributed by atoms with Gasteiger partial charge in [-0.1, -0.05) is 118 Å². The third-order valence-electron chi connectivity index (χ3n) is 12.1. The van der Waals surface area contributed by atoms with E-state index in [0.29, 0.717) is 0 Å². The first-order chi connectivity index (χ1) is 25.2. The molecule has 3 aliphatic carbocycles. The highest BCUT2D eigenvalue weighted by Gasteiger charge is 2.61. The van der Waals surface area contributed by atoms with E-state index in [1.807, 2.05) is 24.3 Å². The normalized spacial score (nSPS) is 21.6. The summed E-state index contributed by atoms with van der Waals surface area (Å²) in [5, 5.41) is 4.37. The lowest BCUT2D eigenvalue weighted by Gasteiger charge is -2.53. The number of hydrogen-bond acceptors (Lipinski definition) is 6. The molecule has 3 aliphatic rings. The summed E-state index contributed by atoms with van der Waals surface area (Å²) in [7, 11) is 3.34. The lowest BCUT2D eigenvalue weighted by atomic mass is 9.49. The molecule has 54 heavy (non-hydrogen) atoms. The fraction of sp³-hybridized carbons (Fsp3) is 0.375. The summed E-state index contributed by atoms with van der Waals surface area (Å²) in [6.07, 6.45) is 9.19. The summed E-state index contributed by atoms with van der Waals surface area (Å²) in [6, 6.07) is 20.7. The van der Waals surface area contributed by atoms with Gasteiger partial charge in [0.05, 0.1) is 25.0 Å². The molecular formula is C48H52O4S2. The molecule has 4 aromatic rings. The molecule has 2 spiro atoms. The molecule has 0 saturated carbocycles. The van der Waals surface area contributed by atoms with Crippen molar-refractivity contribution in [2.24, 2.45) is 10.8 Å². The monoisotopic (exact) mass is 756 g/mol. The van der Waals surface area contributed by atoms with Gasteiger partial charge < -0.3 is 9.47 Å². The zero-order chi connectivity index (χ0) is 39.2. The van der Waals surface area contributed by atoms with E-state index in [4.69, 9.17) is 9.47 Å². The summed E-state index contributed by atoms with van der Waals surface area (Å²) in [6.45, 7) is 21.5. The molecule has 6 heteroatoms. The molecule has 0 aliphatic heterocycles. The van der Waals surface area contributed by atoms with Crippen LogP contribution in [0, 0.1) is 10.8 Å². The second-order valence-electron chi connectivity index (χ2n) is 18.2. The maximum atomic E-state index is 15.1. The van der Waals surface area contributed by atoms with E-state index in [0.717, 1.165) is 44.9 Å². The summed E-state index contributed by atoms with van der Waals surface area (Å²) in [4.78, 5) is 32.7. The van der Waals surface area contributed by atoms with Gasteiger partial charge in [-0.25, -0.2) is 0 Å². The van der Waals surface area contributed by atoms with Crippen LogP contribution in [0.3, 0.4) is 0 Å². The number of rotatable bonds is 6. The Bertz CT molecular complexity index is 2120. The molecule has 2 aromatic carbocycles. The highest BCUT2D eigenvalue weighted by molar-refractivity contribution is 7.12. The zero-order valence-corrected chi connectivity index (χ0v) is 35.3. The fourth-order valence-corrected chi connectivity index (χ4v) is 11.0. The largest absolute Gasteiger partial charge is 0.497 e. The molecular weight excluding hydrogens is 705 g/mol. The van der Waals surface area contributed by atoms with Crippen molar-refractivity contribution in [2.75, 3.05) is 14.2 Å². The lowest BCUT2D eigenvalue weighted by molar-refractivity contribution is -0.115. The quantitative estimate of drug-likeness (QED) is 0.197. The first-order valence-corrected chi connectivity index (χ1v) is 20.5. The highest BCUT2D eigenvalue weighted by Crippen LogP contribution is 2.65. The van der Waals surface area contributed by atoms with Gasteiger partial charge in [0.1, 0.15) is 11.5 Å². The second kappa shape index (κ2) is 12.6. The minimum absolute atomic E-state index is 0.0638. The molecule has 7 rings (SSSR count). The van der Waals surface area contributed by atoms with Crippen LogP contribution < -0.4 is 9.47 Å². The maximum Gasteiger partial charge on any atom is 0.185 e. The number of carbonyl (C=O) groups excluding carboxylic acids is 2. The molecule has 2 unspecified atom stereocenters. The van der Waals surface area contributed by atoms with Crippen LogP contribution in [0.25, 0.3) is 11.1 Å². The van der Waals surface area contributed by atoms with Crippen LogP contribution >= 0.6 is 22.7 Å². The smallest absolute Gasteiger partial charge is 0.185 e. The van der Waals surface area contributed by atoms with Gasteiger partial charge in [0.25, 0.3) is 0 Å².